The van der Waals surface area contributed by atoms with Gasteiger partial charge in [0.25, 0.3) is 0 Å². The standard InChI is InChI=1S/C23H26F3N3O/c1-28-10-12-29(13-11-28)21-5-3-2-4-17(21)14-19-20(15-27-22(19)30)16-6-8-18(9-7-16)23(24,25)26/h2-9,19-20H,10-15H2,1H3,(H,27,30). The van der Waals surface area contributed by atoms with Crippen molar-refractivity contribution in [2.45, 2.75) is 18.5 Å². The zero-order valence-electron chi connectivity index (χ0n) is 17.0. The van der Waals surface area contributed by atoms with Gasteiger partial charge in [-0.25, -0.2) is 0 Å². The average Bonchev–Trinajstić information content (AvgIpc) is 3.09. The number of alkyl halides is 3. The van der Waals surface area contributed by atoms with Gasteiger partial charge in [-0.3, -0.25) is 4.79 Å². The van der Waals surface area contributed by atoms with E-state index in [0.29, 0.717) is 13.0 Å². The molecule has 2 aliphatic heterocycles. The predicted molar refractivity (Wildman–Crippen MR) is 111 cm³/mol. The number of anilines is 1. The van der Waals surface area contributed by atoms with Gasteiger partial charge < -0.3 is 15.1 Å². The van der Waals surface area contributed by atoms with Crippen LogP contribution in [0.5, 0.6) is 0 Å². The Balaban J connectivity index is 1.55. The first kappa shape index (κ1) is 20.7. The number of piperazine rings is 1. The maximum atomic E-state index is 12.9. The average molecular weight is 417 g/mol. The number of carbonyl (C=O) groups is 1. The number of hydrogen-bond acceptors (Lipinski definition) is 3. The van der Waals surface area contributed by atoms with Crippen LogP contribution in [0, 0.1) is 5.92 Å². The van der Waals surface area contributed by atoms with E-state index >= 15 is 0 Å². The molecule has 0 aromatic heterocycles. The molecule has 2 heterocycles. The molecule has 0 saturated carbocycles. The second-order valence-corrected chi connectivity index (χ2v) is 8.20. The summed E-state index contributed by atoms with van der Waals surface area (Å²) in [6.07, 6.45) is -3.79. The molecule has 0 radical (unpaired) electrons. The highest BCUT2D eigenvalue weighted by Gasteiger charge is 2.37. The molecule has 0 bridgehead atoms. The zero-order valence-corrected chi connectivity index (χ0v) is 17.0. The van der Waals surface area contributed by atoms with Gasteiger partial charge in [-0.2, -0.15) is 13.2 Å². The molecule has 160 valence electrons. The molecule has 30 heavy (non-hydrogen) atoms. The summed E-state index contributed by atoms with van der Waals surface area (Å²) in [6.45, 7) is 4.31. The Labute approximate surface area is 174 Å². The topological polar surface area (TPSA) is 35.6 Å². The molecule has 4 nitrogen and oxygen atoms in total. The summed E-state index contributed by atoms with van der Waals surface area (Å²) in [5, 5.41) is 2.91. The number of benzene rings is 2. The quantitative estimate of drug-likeness (QED) is 0.827. The summed E-state index contributed by atoms with van der Waals surface area (Å²) in [5.41, 5.74) is 2.36. The van der Waals surface area contributed by atoms with Crippen LogP contribution in [0.2, 0.25) is 0 Å². The molecule has 2 aromatic rings. The van der Waals surface area contributed by atoms with Crippen molar-refractivity contribution in [2.75, 3.05) is 44.7 Å². The Hall–Kier alpha value is -2.54. The molecule has 7 heteroatoms. The lowest BCUT2D eigenvalue weighted by Gasteiger charge is -2.35. The summed E-state index contributed by atoms with van der Waals surface area (Å²) in [4.78, 5) is 17.3. The van der Waals surface area contributed by atoms with Crippen molar-refractivity contribution in [1.82, 2.24) is 10.2 Å². The molecule has 2 atom stereocenters. The molecular weight excluding hydrogens is 391 g/mol. The molecule has 2 saturated heterocycles. The Morgan fingerprint density at radius 1 is 1.00 bits per heavy atom. The van der Waals surface area contributed by atoms with Crippen LogP contribution in [0.15, 0.2) is 48.5 Å². The van der Waals surface area contributed by atoms with E-state index in [-0.39, 0.29) is 17.7 Å². The summed E-state index contributed by atoms with van der Waals surface area (Å²) >= 11 is 0. The summed E-state index contributed by atoms with van der Waals surface area (Å²) in [5.74, 6) is -0.469. The Bertz CT molecular complexity index is 889. The summed E-state index contributed by atoms with van der Waals surface area (Å²) in [6, 6.07) is 13.4. The lowest BCUT2D eigenvalue weighted by Crippen LogP contribution is -2.44. The van der Waals surface area contributed by atoms with Crippen molar-refractivity contribution in [3.63, 3.8) is 0 Å². The number of likely N-dealkylation sites (N-methyl/N-ethyl adjacent to an activating group) is 1. The number of nitrogens with zero attached hydrogens (tertiary/aromatic N) is 2. The first-order valence-corrected chi connectivity index (χ1v) is 10.3. The van der Waals surface area contributed by atoms with Gasteiger partial charge in [0.1, 0.15) is 0 Å². The predicted octanol–water partition coefficient (Wildman–Crippen LogP) is 3.53. The minimum Gasteiger partial charge on any atom is -0.369 e. The first-order chi connectivity index (χ1) is 14.3. The van der Waals surface area contributed by atoms with Gasteiger partial charge in [-0.1, -0.05) is 30.3 Å². The molecule has 1 N–H and O–H groups in total. The van der Waals surface area contributed by atoms with Crippen LogP contribution in [0.3, 0.4) is 0 Å². The van der Waals surface area contributed by atoms with Gasteiger partial charge in [0, 0.05) is 44.3 Å². The Morgan fingerprint density at radius 3 is 2.33 bits per heavy atom. The second kappa shape index (κ2) is 8.30. The number of para-hydroxylation sites is 1. The van der Waals surface area contributed by atoms with Crippen molar-refractivity contribution in [3.05, 3.63) is 65.2 Å². The lowest BCUT2D eigenvalue weighted by molar-refractivity contribution is -0.137. The Morgan fingerprint density at radius 2 is 1.67 bits per heavy atom. The SMILES string of the molecule is CN1CCN(c2ccccc2CC2C(=O)NCC2c2ccc(C(F)(F)F)cc2)CC1. The van der Waals surface area contributed by atoms with E-state index < -0.39 is 11.7 Å². The van der Waals surface area contributed by atoms with Crippen LogP contribution >= 0.6 is 0 Å². The molecule has 2 aliphatic rings. The van der Waals surface area contributed by atoms with E-state index in [2.05, 4.69) is 34.3 Å². The van der Waals surface area contributed by atoms with Gasteiger partial charge in [-0.05, 0) is 42.8 Å². The fourth-order valence-electron chi connectivity index (χ4n) is 4.45. The maximum absolute atomic E-state index is 12.9. The van der Waals surface area contributed by atoms with Crippen molar-refractivity contribution in [2.24, 2.45) is 5.92 Å². The van der Waals surface area contributed by atoms with Crippen molar-refractivity contribution < 1.29 is 18.0 Å². The summed E-state index contributed by atoms with van der Waals surface area (Å²) < 4.78 is 38.7. The molecule has 2 unspecified atom stereocenters. The fraction of sp³-hybridized carbons (Fsp3) is 0.435. The van der Waals surface area contributed by atoms with E-state index in [1.54, 1.807) is 0 Å². The van der Waals surface area contributed by atoms with E-state index in [0.717, 1.165) is 55.1 Å². The molecule has 2 fully saturated rings. The van der Waals surface area contributed by atoms with Crippen molar-refractivity contribution >= 4 is 11.6 Å². The highest BCUT2D eigenvalue weighted by molar-refractivity contribution is 5.83. The molecule has 2 aromatic carbocycles. The van der Waals surface area contributed by atoms with Gasteiger partial charge in [0.05, 0.1) is 11.5 Å². The zero-order chi connectivity index (χ0) is 21.3. The number of amides is 1. The minimum absolute atomic E-state index is 0.0342. The molecule has 0 spiro atoms. The monoisotopic (exact) mass is 417 g/mol. The van der Waals surface area contributed by atoms with E-state index in [1.807, 2.05) is 12.1 Å². The van der Waals surface area contributed by atoms with E-state index in [1.165, 1.54) is 12.1 Å². The van der Waals surface area contributed by atoms with Crippen molar-refractivity contribution in [1.29, 1.82) is 0 Å². The van der Waals surface area contributed by atoms with Gasteiger partial charge in [-0.15, -0.1) is 0 Å². The van der Waals surface area contributed by atoms with E-state index in [9.17, 15) is 18.0 Å². The smallest absolute Gasteiger partial charge is 0.369 e. The van der Waals surface area contributed by atoms with Crippen LogP contribution in [0.25, 0.3) is 0 Å². The number of nitrogens with one attached hydrogen (secondary N) is 1. The Kier molecular flexibility index (Phi) is 5.73. The normalized spacial score (nSPS) is 22.9. The molecule has 0 aliphatic carbocycles. The first-order valence-electron chi connectivity index (χ1n) is 10.3. The second-order valence-electron chi connectivity index (χ2n) is 8.20. The van der Waals surface area contributed by atoms with E-state index in [4.69, 9.17) is 0 Å². The fourth-order valence-corrected chi connectivity index (χ4v) is 4.45. The van der Waals surface area contributed by atoms with Crippen LogP contribution in [-0.4, -0.2) is 50.6 Å². The van der Waals surface area contributed by atoms with Crippen LogP contribution in [-0.2, 0) is 17.4 Å². The highest BCUT2D eigenvalue weighted by atomic mass is 19.4. The van der Waals surface area contributed by atoms with Gasteiger partial charge in [0.2, 0.25) is 5.91 Å². The van der Waals surface area contributed by atoms with Gasteiger partial charge in [0.15, 0.2) is 0 Å². The lowest BCUT2D eigenvalue weighted by atomic mass is 9.83. The molecule has 1 amide bonds. The summed E-state index contributed by atoms with van der Waals surface area (Å²) in [7, 11) is 2.11. The number of rotatable bonds is 4. The highest BCUT2D eigenvalue weighted by Crippen LogP contribution is 2.36. The van der Waals surface area contributed by atoms with Crippen LogP contribution in [0.4, 0.5) is 18.9 Å². The third-order valence-corrected chi connectivity index (χ3v) is 6.26. The third kappa shape index (κ3) is 4.31. The maximum Gasteiger partial charge on any atom is 0.416 e. The van der Waals surface area contributed by atoms with Crippen LogP contribution < -0.4 is 10.2 Å². The third-order valence-electron chi connectivity index (χ3n) is 6.26. The largest absolute Gasteiger partial charge is 0.416 e. The number of hydrogen-bond donors (Lipinski definition) is 1. The molecular formula is C23H26F3N3O. The minimum atomic E-state index is -4.36. The molecule has 4 rings (SSSR count). The van der Waals surface area contributed by atoms with Crippen LogP contribution in [0.1, 0.15) is 22.6 Å². The number of halogens is 3. The van der Waals surface area contributed by atoms with Gasteiger partial charge >= 0.3 is 6.18 Å². The van der Waals surface area contributed by atoms with Crippen molar-refractivity contribution in [3.8, 4) is 0 Å². The number of carbonyl (C=O) groups excluding carboxylic acids is 1.